The highest BCUT2D eigenvalue weighted by Gasteiger charge is 2.24. The zero-order valence-corrected chi connectivity index (χ0v) is 11.9. The SMILES string of the molecule is CCc1ccc(-c2noc(C(C)S(C)(=O)=O)n2)cc1. The molecule has 0 saturated heterocycles. The molecule has 0 aliphatic carbocycles. The molecule has 0 spiro atoms. The summed E-state index contributed by atoms with van der Waals surface area (Å²) in [5.74, 6) is 0.533. The van der Waals surface area contributed by atoms with Crippen LogP contribution in [0.25, 0.3) is 11.4 Å². The Balaban J connectivity index is 2.30. The van der Waals surface area contributed by atoms with E-state index in [2.05, 4.69) is 17.1 Å². The summed E-state index contributed by atoms with van der Waals surface area (Å²) in [6.07, 6.45) is 2.11. The number of hydrogen-bond acceptors (Lipinski definition) is 5. The van der Waals surface area contributed by atoms with Crippen molar-refractivity contribution in [1.82, 2.24) is 10.1 Å². The van der Waals surface area contributed by atoms with Gasteiger partial charge in [0.05, 0.1) is 0 Å². The van der Waals surface area contributed by atoms with Crippen LogP contribution in [0.3, 0.4) is 0 Å². The molecule has 1 aromatic heterocycles. The first-order valence-electron chi connectivity index (χ1n) is 6.03. The van der Waals surface area contributed by atoms with Gasteiger partial charge in [-0.1, -0.05) is 36.3 Å². The molecule has 5 nitrogen and oxygen atoms in total. The Bertz CT molecular complexity index is 659. The Morgan fingerprint density at radius 2 is 1.89 bits per heavy atom. The number of rotatable bonds is 4. The maximum absolute atomic E-state index is 11.4. The molecule has 0 fully saturated rings. The lowest BCUT2D eigenvalue weighted by molar-refractivity contribution is 0.377. The summed E-state index contributed by atoms with van der Waals surface area (Å²) in [5, 5.41) is 3.04. The van der Waals surface area contributed by atoms with Crippen molar-refractivity contribution in [3.63, 3.8) is 0 Å². The van der Waals surface area contributed by atoms with Gasteiger partial charge < -0.3 is 4.52 Å². The summed E-state index contributed by atoms with van der Waals surface area (Å²) in [4.78, 5) is 4.15. The van der Waals surface area contributed by atoms with Crippen molar-refractivity contribution in [3.05, 3.63) is 35.7 Å². The fourth-order valence-electron chi connectivity index (χ4n) is 1.59. The number of hydrogen-bond donors (Lipinski definition) is 0. The molecule has 6 heteroatoms. The van der Waals surface area contributed by atoms with E-state index in [0.717, 1.165) is 18.2 Å². The van der Waals surface area contributed by atoms with Gasteiger partial charge in [-0.15, -0.1) is 0 Å². The van der Waals surface area contributed by atoms with Crippen LogP contribution in [0.2, 0.25) is 0 Å². The molecular formula is C13H16N2O3S. The lowest BCUT2D eigenvalue weighted by atomic mass is 10.1. The summed E-state index contributed by atoms with van der Waals surface area (Å²) >= 11 is 0. The van der Waals surface area contributed by atoms with Gasteiger partial charge >= 0.3 is 0 Å². The molecule has 2 rings (SSSR count). The molecule has 0 bridgehead atoms. The molecule has 0 aliphatic heterocycles. The van der Waals surface area contributed by atoms with Crippen LogP contribution < -0.4 is 0 Å². The number of sulfone groups is 1. The molecule has 1 atom stereocenters. The zero-order valence-electron chi connectivity index (χ0n) is 11.1. The van der Waals surface area contributed by atoms with Crippen LogP contribution in [0.1, 0.15) is 30.6 Å². The molecule has 102 valence electrons. The van der Waals surface area contributed by atoms with Crippen molar-refractivity contribution in [1.29, 1.82) is 0 Å². The third kappa shape index (κ3) is 3.01. The molecule has 0 amide bonds. The van der Waals surface area contributed by atoms with Gasteiger partial charge in [-0.25, -0.2) is 8.42 Å². The highest BCUT2D eigenvalue weighted by atomic mass is 32.2. The van der Waals surface area contributed by atoms with Crippen LogP contribution in [0.5, 0.6) is 0 Å². The van der Waals surface area contributed by atoms with Gasteiger partial charge in [-0.05, 0) is 18.9 Å². The van der Waals surface area contributed by atoms with Crippen molar-refractivity contribution in [2.45, 2.75) is 25.5 Å². The first-order valence-corrected chi connectivity index (χ1v) is 7.99. The maximum Gasteiger partial charge on any atom is 0.244 e. The van der Waals surface area contributed by atoms with E-state index in [0.29, 0.717) is 5.82 Å². The summed E-state index contributed by atoms with van der Waals surface area (Å²) < 4.78 is 27.9. The molecule has 1 unspecified atom stereocenters. The van der Waals surface area contributed by atoms with E-state index < -0.39 is 15.1 Å². The van der Waals surface area contributed by atoms with Crippen LogP contribution in [0, 0.1) is 0 Å². The second-order valence-electron chi connectivity index (χ2n) is 4.48. The van der Waals surface area contributed by atoms with Crippen molar-refractivity contribution < 1.29 is 12.9 Å². The molecule has 0 saturated carbocycles. The van der Waals surface area contributed by atoms with Gasteiger partial charge in [0, 0.05) is 11.8 Å². The number of aromatic nitrogens is 2. The van der Waals surface area contributed by atoms with Crippen LogP contribution in [0.15, 0.2) is 28.8 Å². The van der Waals surface area contributed by atoms with E-state index in [-0.39, 0.29) is 5.89 Å². The summed E-state index contributed by atoms with van der Waals surface area (Å²) in [7, 11) is -3.23. The monoisotopic (exact) mass is 280 g/mol. The number of aryl methyl sites for hydroxylation is 1. The molecule has 0 N–H and O–H groups in total. The third-order valence-corrected chi connectivity index (χ3v) is 4.54. The smallest absolute Gasteiger partial charge is 0.244 e. The highest BCUT2D eigenvalue weighted by Crippen LogP contribution is 2.23. The van der Waals surface area contributed by atoms with Crippen molar-refractivity contribution in [2.75, 3.05) is 6.26 Å². The van der Waals surface area contributed by atoms with E-state index in [1.54, 1.807) is 0 Å². The van der Waals surface area contributed by atoms with Crippen molar-refractivity contribution in [3.8, 4) is 11.4 Å². The van der Waals surface area contributed by atoms with Crippen molar-refractivity contribution >= 4 is 9.84 Å². The maximum atomic E-state index is 11.4. The Hall–Kier alpha value is -1.69. The minimum atomic E-state index is -3.23. The van der Waals surface area contributed by atoms with Crippen LogP contribution in [0.4, 0.5) is 0 Å². The zero-order chi connectivity index (χ0) is 14.0. The summed E-state index contributed by atoms with van der Waals surface area (Å²) in [6, 6.07) is 7.79. The second-order valence-corrected chi connectivity index (χ2v) is 6.84. The van der Waals surface area contributed by atoms with E-state index in [1.807, 2.05) is 24.3 Å². The predicted octanol–water partition coefficient (Wildman–Crippen LogP) is 2.40. The fourth-order valence-corrected chi connectivity index (χ4v) is 2.05. The minimum absolute atomic E-state index is 0.122. The molecule has 2 aromatic rings. The Morgan fingerprint density at radius 1 is 1.26 bits per heavy atom. The van der Waals surface area contributed by atoms with Crippen LogP contribution >= 0.6 is 0 Å². The third-order valence-electron chi connectivity index (χ3n) is 3.05. The number of nitrogens with zero attached hydrogens (tertiary/aromatic N) is 2. The van der Waals surface area contributed by atoms with E-state index >= 15 is 0 Å². The standard InChI is InChI=1S/C13H16N2O3S/c1-4-10-5-7-11(8-6-10)12-14-13(18-15-12)9(2)19(3,16)17/h5-9H,4H2,1-3H3. The molecule has 19 heavy (non-hydrogen) atoms. The van der Waals surface area contributed by atoms with Gasteiger partial charge in [0.25, 0.3) is 0 Å². The second kappa shape index (κ2) is 5.13. The molecule has 0 aliphatic rings. The Kier molecular flexibility index (Phi) is 3.71. The number of benzene rings is 1. The Labute approximate surface area is 112 Å². The Morgan fingerprint density at radius 3 is 2.42 bits per heavy atom. The van der Waals surface area contributed by atoms with E-state index in [9.17, 15) is 8.42 Å². The molecule has 1 aromatic carbocycles. The van der Waals surface area contributed by atoms with Gasteiger partial charge in [0.2, 0.25) is 11.7 Å². The summed E-state index contributed by atoms with van der Waals surface area (Å²) in [6.45, 7) is 3.61. The van der Waals surface area contributed by atoms with E-state index in [4.69, 9.17) is 4.52 Å². The van der Waals surface area contributed by atoms with Crippen LogP contribution in [-0.4, -0.2) is 24.8 Å². The lowest BCUT2D eigenvalue weighted by Gasteiger charge is -2.01. The normalized spacial score (nSPS) is 13.4. The van der Waals surface area contributed by atoms with Crippen molar-refractivity contribution in [2.24, 2.45) is 0 Å². The molecular weight excluding hydrogens is 264 g/mol. The van der Waals surface area contributed by atoms with E-state index in [1.165, 1.54) is 12.5 Å². The lowest BCUT2D eigenvalue weighted by Crippen LogP contribution is -2.07. The molecule has 1 heterocycles. The summed E-state index contributed by atoms with van der Waals surface area (Å²) in [5.41, 5.74) is 2.03. The highest BCUT2D eigenvalue weighted by molar-refractivity contribution is 7.90. The molecule has 0 radical (unpaired) electrons. The quantitative estimate of drug-likeness (QED) is 0.859. The minimum Gasteiger partial charge on any atom is -0.338 e. The van der Waals surface area contributed by atoms with Gasteiger partial charge in [0.15, 0.2) is 9.84 Å². The van der Waals surface area contributed by atoms with Gasteiger partial charge in [0.1, 0.15) is 5.25 Å². The van der Waals surface area contributed by atoms with Gasteiger partial charge in [-0.2, -0.15) is 4.98 Å². The average molecular weight is 280 g/mol. The van der Waals surface area contributed by atoms with Gasteiger partial charge in [-0.3, -0.25) is 0 Å². The topological polar surface area (TPSA) is 73.1 Å². The first kappa shape index (κ1) is 13.7. The average Bonchev–Trinajstić information content (AvgIpc) is 2.86. The fraction of sp³-hybridized carbons (Fsp3) is 0.385. The predicted molar refractivity (Wildman–Crippen MR) is 72.4 cm³/mol. The first-order chi connectivity index (χ1) is 8.91. The largest absolute Gasteiger partial charge is 0.338 e. The van der Waals surface area contributed by atoms with Crippen LogP contribution in [-0.2, 0) is 16.3 Å².